The van der Waals surface area contributed by atoms with Gasteiger partial charge in [0.2, 0.25) is 5.78 Å². The molecule has 0 aliphatic carbocycles. The lowest BCUT2D eigenvalue weighted by Gasteiger charge is -2.11. The zero-order valence-corrected chi connectivity index (χ0v) is 14.7. The van der Waals surface area contributed by atoms with Gasteiger partial charge in [-0.05, 0) is 29.5 Å². The van der Waals surface area contributed by atoms with E-state index in [1.54, 1.807) is 30.2 Å². The number of hydrogen-bond donors (Lipinski definition) is 2. The minimum absolute atomic E-state index is 0.138. The lowest BCUT2D eigenvalue weighted by atomic mass is 9.97. The van der Waals surface area contributed by atoms with Crippen LogP contribution in [-0.2, 0) is 15.7 Å². The summed E-state index contributed by atoms with van der Waals surface area (Å²) >= 11 is 1.58. The second kappa shape index (κ2) is 7.49. The van der Waals surface area contributed by atoms with Crippen LogP contribution >= 0.6 is 11.8 Å². The highest BCUT2D eigenvalue weighted by Gasteiger charge is 2.38. The molecule has 138 valence electrons. The number of ketones is 1. The molecule has 2 aromatic rings. The number of carbonyl (C=O) groups is 1. The summed E-state index contributed by atoms with van der Waals surface area (Å²) in [5.74, 6) is 1.19. The maximum Gasteiger partial charge on any atom is 0.416 e. The van der Waals surface area contributed by atoms with Gasteiger partial charge in [0.15, 0.2) is 12.0 Å². The molecule has 1 aliphatic heterocycles. The van der Waals surface area contributed by atoms with E-state index >= 15 is 0 Å². The molecule has 0 fully saturated rings. The Bertz CT molecular complexity index is 816. The van der Waals surface area contributed by atoms with Gasteiger partial charge in [0, 0.05) is 18.0 Å². The standard InChI is InChI=1S/C18H17F3N2O2S/c1-2-26-10-23-17-14(11-4-3-5-13(8-11)18(19,20)21)15(24)16(25-17)12-6-7-22-9-12/h3-9,16,22-23H,2,10H2,1H3. The smallest absolute Gasteiger partial charge is 0.416 e. The maximum absolute atomic E-state index is 13.0. The lowest BCUT2D eigenvalue weighted by molar-refractivity contribution is -0.137. The summed E-state index contributed by atoms with van der Waals surface area (Å²) in [4.78, 5) is 15.7. The number of ether oxygens (including phenoxy) is 1. The van der Waals surface area contributed by atoms with Crippen LogP contribution in [0.5, 0.6) is 0 Å². The minimum Gasteiger partial charge on any atom is -0.462 e. The first kappa shape index (κ1) is 18.4. The Balaban J connectivity index is 1.98. The van der Waals surface area contributed by atoms with Gasteiger partial charge in [-0.25, -0.2) is 0 Å². The molecule has 3 rings (SSSR count). The predicted molar refractivity (Wildman–Crippen MR) is 94.1 cm³/mol. The Morgan fingerprint density at radius 1 is 1.31 bits per heavy atom. The van der Waals surface area contributed by atoms with E-state index in [9.17, 15) is 18.0 Å². The molecule has 0 radical (unpaired) electrons. The summed E-state index contributed by atoms with van der Waals surface area (Å²) in [5.41, 5.74) is 0.146. The molecular formula is C18H17F3N2O2S. The Labute approximate surface area is 152 Å². The molecule has 2 heterocycles. The molecule has 1 aliphatic rings. The van der Waals surface area contributed by atoms with Crippen molar-refractivity contribution < 1.29 is 22.7 Å². The lowest BCUT2D eigenvalue weighted by Crippen LogP contribution is -2.14. The zero-order chi connectivity index (χ0) is 18.7. The fourth-order valence-electron chi connectivity index (χ4n) is 2.67. The minimum atomic E-state index is -4.48. The van der Waals surface area contributed by atoms with Gasteiger partial charge in [-0.3, -0.25) is 4.79 Å². The molecule has 1 atom stereocenters. The SMILES string of the molecule is CCSCNC1=C(c2cccc(C(F)(F)F)c2)C(=O)C(c2cc[nH]c2)O1. The summed E-state index contributed by atoms with van der Waals surface area (Å²) in [6.07, 6.45) is -2.06. The number of thioether (sulfide) groups is 1. The van der Waals surface area contributed by atoms with Crippen LogP contribution in [0.25, 0.3) is 5.57 Å². The monoisotopic (exact) mass is 382 g/mol. The van der Waals surface area contributed by atoms with Gasteiger partial charge in [-0.1, -0.05) is 19.1 Å². The Hall–Kier alpha value is -2.35. The van der Waals surface area contributed by atoms with Crippen molar-refractivity contribution in [3.63, 3.8) is 0 Å². The van der Waals surface area contributed by atoms with E-state index in [1.165, 1.54) is 12.1 Å². The third-order valence-electron chi connectivity index (χ3n) is 3.89. The number of rotatable bonds is 6. The van der Waals surface area contributed by atoms with Gasteiger partial charge in [0.05, 0.1) is 17.0 Å². The van der Waals surface area contributed by atoms with Crippen LogP contribution in [-0.4, -0.2) is 22.4 Å². The first-order valence-electron chi connectivity index (χ1n) is 7.99. The first-order valence-corrected chi connectivity index (χ1v) is 9.14. The summed E-state index contributed by atoms with van der Waals surface area (Å²) in [6.45, 7) is 1.98. The number of nitrogens with one attached hydrogen (secondary N) is 2. The highest BCUT2D eigenvalue weighted by atomic mass is 32.2. The second-order valence-corrected chi connectivity index (χ2v) is 6.88. The number of carbonyl (C=O) groups excluding carboxylic acids is 1. The van der Waals surface area contributed by atoms with E-state index in [0.29, 0.717) is 11.4 Å². The molecule has 0 bridgehead atoms. The van der Waals surface area contributed by atoms with E-state index in [2.05, 4.69) is 10.3 Å². The van der Waals surface area contributed by atoms with E-state index in [0.717, 1.165) is 17.9 Å². The van der Waals surface area contributed by atoms with Gasteiger partial charge < -0.3 is 15.0 Å². The van der Waals surface area contributed by atoms with Crippen molar-refractivity contribution in [3.8, 4) is 0 Å². The van der Waals surface area contributed by atoms with Crippen molar-refractivity contribution in [1.29, 1.82) is 0 Å². The fourth-order valence-corrected chi connectivity index (χ4v) is 3.10. The average molecular weight is 382 g/mol. The van der Waals surface area contributed by atoms with Crippen LogP contribution in [0.1, 0.15) is 29.7 Å². The zero-order valence-electron chi connectivity index (χ0n) is 13.9. The Morgan fingerprint density at radius 3 is 2.77 bits per heavy atom. The van der Waals surface area contributed by atoms with Gasteiger partial charge in [0.1, 0.15) is 0 Å². The van der Waals surface area contributed by atoms with Crippen molar-refractivity contribution in [2.75, 3.05) is 11.6 Å². The first-order chi connectivity index (χ1) is 12.4. The normalized spacial score (nSPS) is 17.5. The van der Waals surface area contributed by atoms with Crippen LogP contribution < -0.4 is 5.32 Å². The molecule has 4 nitrogen and oxygen atoms in total. The van der Waals surface area contributed by atoms with Crippen molar-refractivity contribution in [3.05, 3.63) is 65.3 Å². The van der Waals surface area contributed by atoms with Crippen LogP contribution in [0, 0.1) is 0 Å². The summed E-state index contributed by atoms with van der Waals surface area (Å²) in [6, 6.07) is 6.44. The Kier molecular flexibility index (Phi) is 5.31. The highest BCUT2D eigenvalue weighted by molar-refractivity contribution is 7.99. The topological polar surface area (TPSA) is 54.1 Å². The van der Waals surface area contributed by atoms with E-state index < -0.39 is 17.8 Å². The van der Waals surface area contributed by atoms with Crippen LogP contribution in [0.3, 0.4) is 0 Å². The predicted octanol–water partition coefficient (Wildman–Crippen LogP) is 4.34. The molecule has 1 aromatic heterocycles. The van der Waals surface area contributed by atoms with Gasteiger partial charge in [0.25, 0.3) is 0 Å². The summed E-state index contributed by atoms with van der Waals surface area (Å²) in [7, 11) is 0. The quantitative estimate of drug-likeness (QED) is 0.576. The molecule has 8 heteroatoms. The summed E-state index contributed by atoms with van der Waals surface area (Å²) in [5, 5.41) is 3.02. The number of aromatic nitrogens is 1. The van der Waals surface area contributed by atoms with E-state index in [-0.39, 0.29) is 22.8 Å². The van der Waals surface area contributed by atoms with Gasteiger partial charge >= 0.3 is 6.18 Å². The number of H-pyrrole nitrogens is 1. The summed E-state index contributed by atoms with van der Waals surface area (Å²) < 4.78 is 44.9. The van der Waals surface area contributed by atoms with Crippen molar-refractivity contribution >= 4 is 23.1 Å². The Morgan fingerprint density at radius 2 is 2.12 bits per heavy atom. The van der Waals surface area contributed by atoms with Crippen LogP contribution in [0.15, 0.2) is 48.6 Å². The average Bonchev–Trinajstić information content (AvgIpc) is 3.22. The van der Waals surface area contributed by atoms with Crippen LogP contribution in [0.4, 0.5) is 13.2 Å². The molecule has 1 aromatic carbocycles. The number of halogens is 3. The third-order valence-corrected chi connectivity index (χ3v) is 4.65. The fraction of sp³-hybridized carbons (Fsp3) is 0.278. The molecule has 0 saturated heterocycles. The number of Topliss-reactive ketones (excluding diaryl/α,β-unsaturated/α-hetero) is 1. The molecule has 2 N–H and O–H groups in total. The number of aromatic amines is 1. The van der Waals surface area contributed by atoms with Gasteiger partial charge in [-0.15, -0.1) is 11.8 Å². The van der Waals surface area contributed by atoms with E-state index in [1.807, 2.05) is 6.92 Å². The van der Waals surface area contributed by atoms with Crippen molar-refractivity contribution in [2.24, 2.45) is 0 Å². The van der Waals surface area contributed by atoms with Crippen LogP contribution in [0.2, 0.25) is 0 Å². The molecule has 0 amide bonds. The second-order valence-electron chi connectivity index (χ2n) is 5.60. The molecule has 1 unspecified atom stereocenters. The van der Waals surface area contributed by atoms with Crippen molar-refractivity contribution in [1.82, 2.24) is 10.3 Å². The van der Waals surface area contributed by atoms with E-state index in [4.69, 9.17) is 4.74 Å². The number of alkyl halides is 3. The van der Waals surface area contributed by atoms with Gasteiger partial charge in [-0.2, -0.15) is 13.2 Å². The highest BCUT2D eigenvalue weighted by Crippen LogP contribution is 2.39. The third kappa shape index (κ3) is 3.75. The molecule has 26 heavy (non-hydrogen) atoms. The molecule has 0 spiro atoms. The molecule has 0 saturated carbocycles. The number of hydrogen-bond acceptors (Lipinski definition) is 4. The maximum atomic E-state index is 13.0. The largest absolute Gasteiger partial charge is 0.462 e. The number of benzene rings is 1. The van der Waals surface area contributed by atoms with Crippen molar-refractivity contribution in [2.45, 2.75) is 19.2 Å². The molecular weight excluding hydrogens is 365 g/mol.